The molecule has 2 heterocycles. The average molecular weight is 284 g/mol. The Morgan fingerprint density at radius 3 is 2.90 bits per heavy atom. The molecule has 0 saturated carbocycles. The maximum Gasteiger partial charge on any atom is 0.335 e. The maximum atomic E-state index is 12.0. The van der Waals surface area contributed by atoms with Gasteiger partial charge in [0.1, 0.15) is 5.75 Å². The van der Waals surface area contributed by atoms with E-state index in [1.165, 1.54) is 12.1 Å². The highest BCUT2D eigenvalue weighted by atomic mass is 16.5. The zero-order chi connectivity index (χ0) is 14.8. The fraction of sp³-hybridized carbons (Fsp3) is 0.133. The summed E-state index contributed by atoms with van der Waals surface area (Å²) in [6.45, 7) is 0.214. The van der Waals surface area contributed by atoms with E-state index >= 15 is 0 Å². The number of carboxylic acids is 1. The van der Waals surface area contributed by atoms with Gasteiger partial charge in [-0.25, -0.2) is 4.79 Å². The smallest absolute Gasteiger partial charge is 0.335 e. The first-order chi connectivity index (χ1) is 10.1. The van der Waals surface area contributed by atoms with Gasteiger partial charge >= 0.3 is 5.97 Å². The van der Waals surface area contributed by atoms with Crippen LogP contribution in [0, 0.1) is 0 Å². The first-order valence-electron chi connectivity index (χ1n) is 6.35. The van der Waals surface area contributed by atoms with Crippen molar-refractivity contribution in [2.24, 2.45) is 0 Å². The summed E-state index contributed by atoms with van der Waals surface area (Å²) in [5.74, 6) is -0.823. The molecule has 0 unspecified atom stereocenters. The Morgan fingerprint density at radius 2 is 2.19 bits per heavy atom. The molecule has 6 nitrogen and oxygen atoms in total. The van der Waals surface area contributed by atoms with E-state index in [0.717, 1.165) is 5.69 Å². The van der Waals surface area contributed by atoms with Gasteiger partial charge in [-0.1, -0.05) is 6.07 Å². The summed E-state index contributed by atoms with van der Waals surface area (Å²) < 4.78 is 5.32. The molecule has 6 heteroatoms. The molecular formula is C15H12N2O4. The molecule has 0 aliphatic carbocycles. The van der Waals surface area contributed by atoms with Gasteiger partial charge in [-0.2, -0.15) is 0 Å². The van der Waals surface area contributed by atoms with Crippen molar-refractivity contribution >= 4 is 17.6 Å². The molecule has 0 saturated heterocycles. The van der Waals surface area contributed by atoms with E-state index in [-0.39, 0.29) is 18.1 Å². The zero-order valence-electron chi connectivity index (χ0n) is 11.0. The van der Waals surface area contributed by atoms with Gasteiger partial charge in [-0.15, -0.1) is 0 Å². The second-order valence-corrected chi connectivity index (χ2v) is 4.58. The van der Waals surface area contributed by atoms with Crippen LogP contribution in [-0.2, 0) is 11.3 Å². The SMILES string of the molecule is O=C(O)c1ccc2c(c1)OCC(=O)N2Cc1ccccn1. The number of rotatable bonds is 3. The predicted molar refractivity (Wildman–Crippen MR) is 74.3 cm³/mol. The van der Waals surface area contributed by atoms with Crippen LogP contribution in [-0.4, -0.2) is 28.6 Å². The van der Waals surface area contributed by atoms with Crippen molar-refractivity contribution in [3.05, 3.63) is 53.9 Å². The predicted octanol–water partition coefficient (Wildman–Crippen LogP) is 1.71. The summed E-state index contributed by atoms with van der Waals surface area (Å²) in [4.78, 5) is 28.8. The molecule has 106 valence electrons. The molecular weight excluding hydrogens is 272 g/mol. The number of pyridine rings is 1. The molecule has 1 aromatic carbocycles. The molecule has 0 spiro atoms. The van der Waals surface area contributed by atoms with Crippen LogP contribution in [0.1, 0.15) is 16.1 Å². The Kier molecular flexibility index (Phi) is 3.27. The van der Waals surface area contributed by atoms with Gasteiger partial charge in [0, 0.05) is 6.20 Å². The minimum absolute atomic E-state index is 0.108. The standard InChI is InChI=1S/C15H12N2O4/c18-14-9-21-13-7-10(15(19)20)4-5-12(13)17(14)8-11-3-1-2-6-16-11/h1-7H,8-9H2,(H,19,20). The minimum Gasteiger partial charge on any atom is -0.482 e. The molecule has 1 amide bonds. The molecule has 1 N–H and O–H groups in total. The summed E-state index contributed by atoms with van der Waals surface area (Å²) in [5, 5.41) is 8.99. The fourth-order valence-electron chi connectivity index (χ4n) is 2.16. The largest absolute Gasteiger partial charge is 0.482 e. The Hall–Kier alpha value is -2.89. The monoisotopic (exact) mass is 284 g/mol. The molecule has 0 bridgehead atoms. The first-order valence-corrected chi connectivity index (χ1v) is 6.35. The second-order valence-electron chi connectivity index (χ2n) is 4.58. The van der Waals surface area contributed by atoms with Gasteiger partial charge < -0.3 is 9.84 Å². The van der Waals surface area contributed by atoms with Crippen LogP contribution in [0.25, 0.3) is 0 Å². The minimum atomic E-state index is -1.03. The number of benzene rings is 1. The number of hydrogen-bond acceptors (Lipinski definition) is 4. The Labute approximate surface area is 120 Å². The molecule has 0 radical (unpaired) electrons. The third kappa shape index (κ3) is 2.55. The van der Waals surface area contributed by atoms with Gasteiger partial charge in [0.15, 0.2) is 6.61 Å². The summed E-state index contributed by atoms with van der Waals surface area (Å²) in [5.41, 5.74) is 1.43. The number of carbonyl (C=O) groups is 2. The highest BCUT2D eigenvalue weighted by Crippen LogP contribution is 2.33. The molecule has 3 rings (SSSR count). The number of amides is 1. The fourth-order valence-corrected chi connectivity index (χ4v) is 2.16. The molecule has 2 aromatic rings. The van der Waals surface area contributed by atoms with Crippen molar-refractivity contribution in [2.45, 2.75) is 6.54 Å². The van der Waals surface area contributed by atoms with Gasteiger partial charge in [-0.3, -0.25) is 14.7 Å². The number of nitrogens with zero attached hydrogens (tertiary/aromatic N) is 2. The lowest BCUT2D eigenvalue weighted by molar-refractivity contribution is -0.121. The van der Waals surface area contributed by atoms with Crippen molar-refractivity contribution in [3.8, 4) is 5.75 Å². The molecule has 0 atom stereocenters. The number of anilines is 1. The van der Waals surface area contributed by atoms with Crippen molar-refractivity contribution < 1.29 is 19.4 Å². The Balaban J connectivity index is 1.95. The number of fused-ring (bicyclic) bond motifs is 1. The van der Waals surface area contributed by atoms with Crippen molar-refractivity contribution in [2.75, 3.05) is 11.5 Å². The number of aromatic nitrogens is 1. The Bertz CT molecular complexity index is 700. The topological polar surface area (TPSA) is 79.7 Å². The van der Waals surface area contributed by atoms with E-state index in [4.69, 9.17) is 9.84 Å². The van der Waals surface area contributed by atoms with E-state index in [1.807, 2.05) is 12.1 Å². The van der Waals surface area contributed by atoms with E-state index in [1.54, 1.807) is 23.2 Å². The molecule has 0 fully saturated rings. The van der Waals surface area contributed by atoms with Crippen molar-refractivity contribution in [1.29, 1.82) is 0 Å². The number of carbonyl (C=O) groups excluding carboxylic acids is 1. The van der Waals surface area contributed by atoms with Crippen LogP contribution in [0.2, 0.25) is 0 Å². The van der Waals surface area contributed by atoms with E-state index in [2.05, 4.69) is 4.98 Å². The van der Waals surface area contributed by atoms with Gasteiger partial charge in [0.05, 0.1) is 23.5 Å². The molecule has 1 aliphatic heterocycles. The summed E-state index contributed by atoms with van der Waals surface area (Å²) >= 11 is 0. The van der Waals surface area contributed by atoms with Crippen molar-refractivity contribution in [1.82, 2.24) is 4.98 Å². The van der Waals surface area contributed by atoms with Gasteiger partial charge in [0.2, 0.25) is 0 Å². The second kappa shape index (κ2) is 5.24. The van der Waals surface area contributed by atoms with E-state index < -0.39 is 5.97 Å². The molecule has 1 aromatic heterocycles. The maximum absolute atomic E-state index is 12.0. The lowest BCUT2D eigenvalue weighted by Gasteiger charge is -2.29. The van der Waals surface area contributed by atoms with Crippen LogP contribution >= 0.6 is 0 Å². The average Bonchev–Trinajstić information content (AvgIpc) is 2.50. The first kappa shape index (κ1) is 13.1. The summed E-state index contributed by atoms with van der Waals surface area (Å²) in [6, 6.07) is 9.94. The highest BCUT2D eigenvalue weighted by molar-refractivity contribution is 5.99. The van der Waals surface area contributed by atoms with Gasteiger partial charge in [-0.05, 0) is 30.3 Å². The van der Waals surface area contributed by atoms with E-state index in [9.17, 15) is 9.59 Å². The Morgan fingerprint density at radius 1 is 1.33 bits per heavy atom. The van der Waals surface area contributed by atoms with E-state index in [0.29, 0.717) is 18.0 Å². The van der Waals surface area contributed by atoms with Crippen molar-refractivity contribution in [3.63, 3.8) is 0 Å². The lowest BCUT2D eigenvalue weighted by Crippen LogP contribution is -2.38. The number of hydrogen-bond donors (Lipinski definition) is 1. The normalized spacial score (nSPS) is 13.5. The zero-order valence-corrected chi connectivity index (χ0v) is 11.0. The lowest BCUT2D eigenvalue weighted by atomic mass is 10.1. The van der Waals surface area contributed by atoms with Crippen LogP contribution in [0.15, 0.2) is 42.6 Å². The van der Waals surface area contributed by atoms with Crippen LogP contribution in [0.4, 0.5) is 5.69 Å². The van der Waals surface area contributed by atoms with Gasteiger partial charge in [0.25, 0.3) is 5.91 Å². The quantitative estimate of drug-likeness (QED) is 0.928. The third-order valence-electron chi connectivity index (χ3n) is 3.20. The molecule has 21 heavy (non-hydrogen) atoms. The molecule has 1 aliphatic rings. The van der Waals surface area contributed by atoms with Crippen LogP contribution < -0.4 is 9.64 Å². The highest BCUT2D eigenvalue weighted by Gasteiger charge is 2.26. The summed E-state index contributed by atoms with van der Waals surface area (Å²) in [6.07, 6.45) is 1.66. The third-order valence-corrected chi connectivity index (χ3v) is 3.20. The summed E-state index contributed by atoms with van der Waals surface area (Å²) in [7, 11) is 0. The number of aromatic carboxylic acids is 1. The number of carboxylic acid groups (broad SMARTS) is 1. The number of ether oxygens (including phenoxy) is 1. The van der Waals surface area contributed by atoms with Crippen LogP contribution in [0.3, 0.4) is 0 Å². The van der Waals surface area contributed by atoms with Crippen LogP contribution in [0.5, 0.6) is 5.75 Å².